The van der Waals surface area contributed by atoms with Crippen molar-refractivity contribution in [3.63, 3.8) is 0 Å². The molecular weight excluding hydrogens is 320 g/mol. The molecule has 1 atom stereocenters. The summed E-state index contributed by atoms with van der Waals surface area (Å²) >= 11 is 0. The molecule has 3 heterocycles. The highest BCUT2D eigenvalue weighted by Crippen LogP contribution is 2.25. The highest BCUT2D eigenvalue weighted by Gasteiger charge is 2.34. The Hall–Kier alpha value is -1.34. The van der Waals surface area contributed by atoms with E-state index in [0.29, 0.717) is 25.2 Å². The van der Waals surface area contributed by atoms with Crippen molar-refractivity contribution in [3.8, 4) is 0 Å². The van der Waals surface area contributed by atoms with Crippen LogP contribution in [-0.4, -0.2) is 104 Å². The van der Waals surface area contributed by atoms with Crippen LogP contribution in [0.25, 0.3) is 0 Å². The van der Waals surface area contributed by atoms with Crippen molar-refractivity contribution >= 4 is 11.9 Å². The number of nitrogens with zero attached hydrogens (tertiary/aromatic N) is 4. The summed E-state index contributed by atoms with van der Waals surface area (Å²) in [5.74, 6) is 0.446. The van der Waals surface area contributed by atoms with Crippen LogP contribution in [0.1, 0.15) is 25.7 Å². The van der Waals surface area contributed by atoms with Gasteiger partial charge in [-0.3, -0.25) is 9.69 Å². The average molecular weight is 352 g/mol. The van der Waals surface area contributed by atoms with E-state index in [4.69, 9.17) is 4.74 Å². The molecule has 0 radical (unpaired) electrons. The average Bonchev–Trinajstić information content (AvgIpc) is 2.67. The minimum Gasteiger partial charge on any atom is -0.378 e. The monoisotopic (exact) mass is 352 g/mol. The molecule has 0 spiro atoms. The number of hydrogen-bond acceptors (Lipinski definition) is 4. The van der Waals surface area contributed by atoms with Crippen molar-refractivity contribution in [3.05, 3.63) is 0 Å². The second-order valence-electron chi connectivity index (χ2n) is 7.67. The first kappa shape index (κ1) is 18.5. The summed E-state index contributed by atoms with van der Waals surface area (Å²) in [7, 11) is 3.61. The molecule has 3 saturated heterocycles. The minimum absolute atomic E-state index is 0.109. The SMILES string of the molecule is CN(C)C(=O)N1CCC(N2CCCC(C(=O)N3CCOCC3)C2)CC1. The van der Waals surface area contributed by atoms with E-state index in [0.717, 1.165) is 65.0 Å². The maximum atomic E-state index is 12.8. The van der Waals surface area contributed by atoms with Crippen molar-refractivity contribution in [2.75, 3.05) is 66.6 Å². The molecule has 7 nitrogen and oxygen atoms in total. The summed E-state index contributed by atoms with van der Waals surface area (Å²) in [6.07, 6.45) is 4.12. The number of carbonyl (C=O) groups excluding carboxylic acids is 2. The van der Waals surface area contributed by atoms with Gasteiger partial charge in [0.1, 0.15) is 0 Å². The Balaban J connectivity index is 1.50. The Kier molecular flexibility index (Phi) is 6.17. The van der Waals surface area contributed by atoms with Gasteiger partial charge in [-0.25, -0.2) is 4.79 Å². The van der Waals surface area contributed by atoms with Gasteiger partial charge in [0.15, 0.2) is 0 Å². The summed E-state index contributed by atoms with van der Waals surface area (Å²) in [6, 6.07) is 0.615. The molecule has 3 aliphatic heterocycles. The predicted molar refractivity (Wildman–Crippen MR) is 95.4 cm³/mol. The Bertz CT molecular complexity index is 471. The summed E-state index contributed by atoms with van der Waals surface area (Å²) in [4.78, 5) is 32.9. The van der Waals surface area contributed by atoms with Gasteiger partial charge >= 0.3 is 6.03 Å². The number of piperidine rings is 2. The third kappa shape index (κ3) is 4.44. The van der Waals surface area contributed by atoms with Crippen LogP contribution in [0.5, 0.6) is 0 Å². The molecule has 0 aliphatic carbocycles. The largest absolute Gasteiger partial charge is 0.378 e. The fourth-order valence-electron chi connectivity index (χ4n) is 4.29. The van der Waals surface area contributed by atoms with E-state index in [1.165, 1.54) is 0 Å². The van der Waals surface area contributed by atoms with Crippen molar-refractivity contribution in [1.29, 1.82) is 0 Å². The van der Waals surface area contributed by atoms with Gasteiger partial charge in [-0.15, -0.1) is 0 Å². The maximum Gasteiger partial charge on any atom is 0.319 e. The molecule has 25 heavy (non-hydrogen) atoms. The lowest BCUT2D eigenvalue weighted by molar-refractivity contribution is -0.141. The number of morpholine rings is 1. The number of hydrogen-bond donors (Lipinski definition) is 0. The van der Waals surface area contributed by atoms with Gasteiger partial charge in [0, 0.05) is 52.9 Å². The first-order valence-corrected chi connectivity index (χ1v) is 9.63. The van der Waals surface area contributed by atoms with Crippen molar-refractivity contribution in [2.45, 2.75) is 31.7 Å². The Morgan fingerprint density at radius 3 is 2.24 bits per heavy atom. The van der Waals surface area contributed by atoms with Crippen LogP contribution >= 0.6 is 0 Å². The number of rotatable bonds is 2. The Morgan fingerprint density at radius 1 is 0.920 bits per heavy atom. The molecule has 3 amide bonds. The van der Waals surface area contributed by atoms with E-state index < -0.39 is 0 Å². The van der Waals surface area contributed by atoms with Gasteiger partial charge in [0.2, 0.25) is 5.91 Å². The smallest absolute Gasteiger partial charge is 0.319 e. The third-order valence-corrected chi connectivity index (χ3v) is 5.76. The van der Waals surface area contributed by atoms with Crippen LogP contribution in [0.15, 0.2) is 0 Å². The highest BCUT2D eigenvalue weighted by molar-refractivity contribution is 5.79. The number of amides is 3. The number of likely N-dealkylation sites (tertiary alicyclic amines) is 2. The van der Waals surface area contributed by atoms with Gasteiger partial charge in [-0.2, -0.15) is 0 Å². The lowest BCUT2D eigenvalue weighted by Crippen LogP contribution is -2.53. The fourth-order valence-corrected chi connectivity index (χ4v) is 4.29. The molecule has 3 rings (SSSR count). The lowest BCUT2D eigenvalue weighted by atomic mass is 9.92. The molecule has 0 aromatic rings. The van der Waals surface area contributed by atoms with E-state index in [-0.39, 0.29) is 11.9 Å². The maximum absolute atomic E-state index is 12.8. The molecule has 0 N–H and O–H groups in total. The number of carbonyl (C=O) groups is 2. The van der Waals surface area contributed by atoms with Crippen LogP contribution in [-0.2, 0) is 9.53 Å². The number of urea groups is 1. The van der Waals surface area contributed by atoms with Gasteiger partial charge < -0.3 is 19.4 Å². The normalized spacial score (nSPS) is 26.6. The van der Waals surface area contributed by atoms with E-state index in [2.05, 4.69) is 4.90 Å². The van der Waals surface area contributed by atoms with Gasteiger partial charge in [-0.1, -0.05) is 0 Å². The summed E-state index contributed by atoms with van der Waals surface area (Å²) < 4.78 is 5.36. The van der Waals surface area contributed by atoms with Crippen molar-refractivity contribution in [2.24, 2.45) is 5.92 Å². The standard InChI is InChI=1S/C18H32N4O3/c1-19(2)18(24)21-8-5-16(6-9-21)22-7-3-4-15(14-22)17(23)20-10-12-25-13-11-20/h15-16H,3-14H2,1-2H3. The molecule has 3 aliphatic rings. The topological polar surface area (TPSA) is 56.3 Å². The minimum atomic E-state index is 0.109. The zero-order chi connectivity index (χ0) is 17.8. The van der Waals surface area contributed by atoms with Gasteiger partial charge in [0.25, 0.3) is 0 Å². The number of ether oxygens (including phenoxy) is 1. The van der Waals surface area contributed by atoms with Gasteiger partial charge in [-0.05, 0) is 32.2 Å². The van der Waals surface area contributed by atoms with E-state index in [9.17, 15) is 9.59 Å². The Labute approximate surface area is 150 Å². The van der Waals surface area contributed by atoms with Crippen LogP contribution in [0.3, 0.4) is 0 Å². The summed E-state index contributed by atoms with van der Waals surface area (Å²) in [6.45, 7) is 6.41. The third-order valence-electron chi connectivity index (χ3n) is 5.76. The molecule has 0 aromatic carbocycles. The predicted octanol–water partition coefficient (Wildman–Crippen LogP) is 0.703. The first-order chi connectivity index (χ1) is 12.1. The van der Waals surface area contributed by atoms with Crippen LogP contribution in [0.4, 0.5) is 4.79 Å². The molecule has 3 fully saturated rings. The van der Waals surface area contributed by atoms with E-state index in [1.54, 1.807) is 19.0 Å². The van der Waals surface area contributed by atoms with Crippen LogP contribution < -0.4 is 0 Å². The molecular formula is C18H32N4O3. The van der Waals surface area contributed by atoms with Gasteiger partial charge in [0.05, 0.1) is 19.1 Å². The van der Waals surface area contributed by atoms with Crippen molar-refractivity contribution < 1.29 is 14.3 Å². The van der Waals surface area contributed by atoms with E-state index >= 15 is 0 Å². The quantitative estimate of drug-likeness (QED) is 0.734. The molecule has 0 aromatic heterocycles. The summed E-state index contributed by atoms with van der Waals surface area (Å²) in [5.41, 5.74) is 0. The summed E-state index contributed by atoms with van der Waals surface area (Å²) in [5, 5.41) is 0. The second kappa shape index (κ2) is 8.36. The zero-order valence-electron chi connectivity index (χ0n) is 15.7. The lowest BCUT2D eigenvalue weighted by Gasteiger charge is -2.43. The van der Waals surface area contributed by atoms with Crippen molar-refractivity contribution in [1.82, 2.24) is 19.6 Å². The van der Waals surface area contributed by atoms with E-state index in [1.807, 2.05) is 9.80 Å². The molecule has 142 valence electrons. The zero-order valence-corrected chi connectivity index (χ0v) is 15.7. The fraction of sp³-hybridized carbons (Fsp3) is 0.889. The molecule has 0 bridgehead atoms. The molecule has 7 heteroatoms. The Morgan fingerprint density at radius 2 is 1.60 bits per heavy atom. The highest BCUT2D eigenvalue weighted by atomic mass is 16.5. The van der Waals surface area contributed by atoms with Crippen LogP contribution in [0, 0.1) is 5.92 Å². The van der Waals surface area contributed by atoms with Crippen LogP contribution in [0.2, 0.25) is 0 Å². The second-order valence-corrected chi connectivity index (χ2v) is 7.67. The molecule has 1 unspecified atom stereocenters. The molecule has 0 saturated carbocycles. The first-order valence-electron chi connectivity index (χ1n) is 9.63.